The van der Waals surface area contributed by atoms with Crippen LogP contribution in [-0.4, -0.2) is 20.2 Å². The minimum absolute atomic E-state index is 0.604. The van der Waals surface area contributed by atoms with Crippen LogP contribution >= 0.6 is 23.4 Å². The molecule has 106 valence electrons. The number of halogens is 1. The molecule has 0 aliphatic heterocycles. The third kappa shape index (κ3) is 3.17. The Balaban J connectivity index is 1.81. The number of aromatic nitrogens is 4. The Morgan fingerprint density at radius 1 is 1.14 bits per heavy atom. The number of nitrogens with zero attached hydrogens (tertiary/aromatic N) is 4. The van der Waals surface area contributed by atoms with E-state index < -0.39 is 0 Å². The highest BCUT2D eigenvalue weighted by molar-refractivity contribution is 7.98. The molecule has 0 atom stereocenters. The maximum Gasteiger partial charge on any atom is 0.166 e. The summed E-state index contributed by atoms with van der Waals surface area (Å²) < 4.78 is 1.72. The van der Waals surface area contributed by atoms with E-state index in [4.69, 9.17) is 17.3 Å². The minimum Gasteiger partial charge on any atom is -0.398 e. The summed E-state index contributed by atoms with van der Waals surface area (Å²) in [4.78, 5) is 0.921. The van der Waals surface area contributed by atoms with Crippen molar-refractivity contribution in [1.29, 1.82) is 0 Å². The van der Waals surface area contributed by atoms with E-state index in [0.29, 0.717) is 16.5 Å². The molecule has 0 saturated heterocycles. The van der Waals surface area contributed by atoms with Crippen LogP contribution in [0.25, 0.3) is 5.69 Å². The quantitative estimate of drug-likeness (QED) is 0.591. The lowest BCUT2D eigenvalue weighted by Crippen LogP contribution is -2.02. The SMILES string of the molecule is Nc1ccc(Cl)cc1SCc1nnnn1-c1ccccc1. The average Bonchev–Trinajstić information content (AvgIpc) is 2.97. The first-order valence-corrected chi connectivity index (χ1v) is 7.61. The molecule has 3 rings (SSSR count). The first-order chi connectivity index (χ1) is 10.2. The van der Waals surface area contributed by atoms with Crippen LogP contribution in [0.5, 0.6) is 0 Å². The molecule has 0 amide bonds. The van der Waals surface area contributed by atoms with Crippen LogP contribution in [-0.2, 0) is 5.75 Å². The number of hydrogen-bond acceptors (Lipinski definition) is 5. The van der Waals surface area contributed by atoms with E-state index in [0.717, 1.165) is 16.4 Å². The Kier molecular flexibility index (Phi) is 4.08. The van der Waals surface area contributed by atoms with Gasteiger partial charge in [-0.3, -0.25) is 0 Å². The number of tetrazole rings is 1. The smallest absolute Gasteiger partial charge is 0.166 e. The van der Waals surface area contributed by atoms with Gasteiger partial charge >= 0.3 is 0 Å². The highest BCUT2D eigenvalue weighted by atomic mass is 35.5. The Bertz CT molecular complexity index is 744. The van der Waals surface area contributed by atoms with E-state index in [-0.39, 0.29) is 0 Å². The van der Waals surface area contributed by atoms with Gasteiger partial charge in [0, 0.05) is 15.6 Å². The number of benzene rings is 2. The van der Waals surface area contributed by atoms with Gasteiger partial charge in [0.05, 0.1) is 11.4 Å². The number of para-hydroxylation sites is 1. The van der Waals surface area contributed by atoms with E-state index in [9.17, 15) is 0 Å². The van der Waals surface area contributed by atoms with E-state index in [2.05, 4.69) is 15.5 Å². The number of nitrogen functional groups attached to an aromatic ring is 1. The zero-order valence-electron chi connectivity index (χ0n) is 11.0. The monoisotopic (exact) mass is 317 g/mol. The van der Waals surface area contributed by atoms with Crippen molar-refractivity contribution in [3.05, 3.63) is 59.4 Å². The lowest BCUT2D eigenvalue weighted by molar-refractivity contribution is 0.777. The maximum absolute atomic E-state index is 5.99. The molecule has 0 radical (unpaired) electrons. The van der Waals surface area contributed by atoms with Crippen molar-refractivity contribution in [1.82, 2.24) is 20.2 Å². The van der Waals surface area contributed by atoms with Crippen molar-refractivity contribution in [2.75, 3.05) is 5.73 Å². The standard InChI is InChI=1S/C14H12ClN5S/c15-10-6-7-12(16)13(8-10)21-9-14-17-18-19-20(14)11-4-2-1-3-5-11/h1-8H,9,16H2. The Morgan fingerprint density at radius 3 is 2.76 bits per heavy atom. The second-order valence-electron chi connectivity index (χ2n) is 4.31. The topological polar surface area (TPSA) is 69.6 Å². The third-order valence-electron chi connectivity index (χ3n) is 2.87. The van der Waals surface area contributed by atoms with Gasteiger partial charge in [-0.15, -0.1) is 16.9 Å². The largest absolute Gasteiger partial charge is 0.398 e. The third-order valence-corrected chi connectivity index (χ3v) is 4.17. The van der Waals surface area contributed by atoms with E-state index in [1.54, 1.807) is 28.6 Å². The van der Waals surface area contributed by atoms with Gasteiger partial charge < -0.3 is 5.73 Å². The molecule has 21 heavy (non-hydrogen) atoms. The lowest BCUT2D eigenvalue weighted by Gasteiger charge is -2.06. The summed E-state index contributed by atoms with van der Waals surface area (Å²) in [7, 11) is 0. The molecule has 0 saturated carbocycles. The molecule has 0 unspecified atom stereocenters. The Labute approximate surface area is 131 Å². The molecule has 1 aromatic heterocycles. The summed E-state index contributed by atoms with van der Waals surface area (Å²) in [6.45, 7) is 0. The molecule has 0 fully saturated rings. The van der Waals surface area contributed by atoms with Crippen molar-refractivity contribution in [2.45, 2.75) is 10.6 Å². The molecule has 0 aliphatic rings. The van der Waals surface area contributed by atoms with Crippen molar-refractivity contribution in [2.24, 2.45) is 0 Å². The predicted octanol–water partition coefficient (Wildman–Crippen LogP) is 3.19. The van der Waals surface area contributed by atoms with Crippen molar-refractivity contribution < 1.29 is 0 Å². The number of hydrogen-bond donors (Lipinski definition) is 1. The van der Waals surface area contributed by atoms with Gasteiger partial charge in [-0.1, -0.05) is 29.8 Å². The van der Waals surface area contributed by atoms with Gasteiger partial charge in [0.25, 0.3) is 0 Å². The summed E-state index contributed by atoms with van der Waals surface area (Å²) in [5, 5.41) is 12.5. The van der Waals surface area contributed by atoms with Crippen LogP contribution in [0.1, 0.15) is 5.82 Å². The zero-order valence-corrected chi connectivity index (χ0v) is 12.6. The molecular formula is C14H12ClN5S. The fourth-order valence-electron chi connectivity index (χ4n) is 1.84. The second kappa shape index (κ2) is 6.15. The van der Waals surface area contributed by atoms with Gasteiger partial charge in [0.15, 0.2) is 5.82 Å². The highest BCUT2D eigenvalue weighted by Crippen LogP contribution is 2.30. The van der Waals surface area contributed by atoms with Crippen molar-refractivity contribution in [3.63, 3.8) is 0 Å². The minimum atomic E-state index is 0.604. The normalized spacial score (nSPS) is 10.7. The molecular weight excluding hydrogens is 306 g/mol. The molecule has 5 nitrogen and oxygen atoms in total. The van der Waals surface area contributed by atoms with E-state index >= 15 is 0 Å². The van der Waals surface area contributed by atoms with Gasteiger partial charge in [0.2, 0.25) is 0 Å². The van der Waals surface area contributed by atoms with Crippen LogP contribution in [0, 0.1) is 0 Å². The Hall–Kier alpha value is -2.05. The van der Waals surface area contributed by atoms with Gasteiger partial charge in [-0.25, -0.2) is 0 Å². The van der Waals surface area contributed by atoms with Gasteiger partial charge in [0.1, 0.15) is 0 Å². The summed E-state index contributed by atoms with van der Waals surface area (Å²) in [6, 6.07) is 15.2. The fourth-order valence-corrected chi connectivity index (χ4v) is 2.99. The summed E-state index contributed by atoms with van der Waals surface area (Å²) in [5.74, 6) is 1.36. The van der Waals surface area contributed by atoms with Crippen molar-refractivity contribution >= 4 is 29.1 Å². The summed E-state index contributed by atoms with van der Waals surface area (Å²) >= 11 is 7.55. The molecule has 2 aromatic carbocycles. The molecule has 0 spiro atoms. The first-order valence-electron chi connectivity index (χ1n) is 6.24. The fraction of sp³-hybridized carbons (Fsp3) is 0.0714. The molecule has 2 N–H and O–H groups in total. The molecule has 0 aliphatic carbocycles. The lowest BCUT2D eigenvalue weighted by atomic mass is 10.3. The number of thioether (sulfide) groups is 1. The summed E-state index contributed by atoms with van der Waals surface area (Å²) in [5.41, 5.74) is 7.57. The highest BCUT2D eigenvalue weighted by Gasteiger charge is 2.10. The van der Waals surface area contributed by atoms with Gasteiger partial charge in [-0.05, 0) is 40.8 Å². The number of rotatable bonds is 4. The molecule has 7 heteroatoms. The van der Waals surface area contributed by atoms with Crippen LogP contribution in [0.15, 0.2) is 53.4 Å². The van der Waals surface area contributed by atoms with Crippen LogP contribution in [0.3, 0.4) is 0 Å². The van der Waals surface area contributed by atoms with Crippen LogP contribution < -0.4 is 5.73 Å². The van der Waals surface area contributed by atoms with Gasteiger partial charge in [-0.2, -0.15) is 4.68 Å². The second-order valence-corrected chi connectivity index (χ2v) is 5.77. The zero-order chi connectivity index (χ0) is 14.7. The first kappa shape index (κ1) is 13.9. The van der Waals surface area contributed by atoms with Crippen LogP contribution in [0.2, 0.25) is 5.02 Å². The molecule has 0 bridgehead atoms. The van der Waals surface area contributed by atoms with Crippen molar-refractivity contribution in [3.8, 4) is 5.69 Å². The summed E-state index contributed by atoms with van der Waals surface area (Å²) in [6.07, 6.45) is 0. The number of anilines is 1. The van der Waals surface area contributed by atoms with E-state index in [1.807, 2.05) is 36.4 Å². The predicted molar refractivity (Wildman–Crippen MR) is 84.6 cm³/mol. The van der Waals surface area contributed by atoms with E-state index in [1.165, 1.54) is 0 Å². The Morgan fingerprint density at radius 2 is 1.95 bits per heavy atom. The van der Waals surface area contributed by atoms with Crippen LogP contribution in [0.4, 0.5) is 5.69 Å². The molecule has 3 aromatic rings. The average molecular weight is 318 g/mol. The maximum atomic E-state index is 5.99. The molecule has 1 heterocycles. The number of nitrogens with two attached hydrogens (primary N) is 1.